The standard InChI is InChI=1S/C10H18N2/c1-10-5-3-4-9(11-2)8(10)6-12-7-10/h3-4,8-9,11-12H,5-7H2,1-2H3. The third kappa shape index (κ3) is 1.10. The van der Waals surface area contributed by atoms with Crippen LogP contribution in [0.2, 0.25) is 0 Å². The Labute approximate surface area is 74.4 Å². The van der Waals surface area contributed by atoms with Crippen molar-refractivity contribution in [1.29, 1.82) is 0 Å². The van der Waals surface area contributed by atoms with Crippen LogP contribution in [0.1, 0.15) is 13.3 Å². The van der Waals surface area contributed by atoms with E-state index in [4.69, 9.17) is 0 Å². The molecule has 3 atom stereocenters. The molecule has 1 fully saturated rings. The molecule has 1 heterocycles. The first-order valence-corrected chi connectivity index (χ1v) is 4.81. The highest BCUT2D eigenvalue weighted by atomic mass is 15.0. The van der Waals surface area contributed by atoms with Crippen LogP contribution in [-0.4, -0.2) is 26.2 Å². The Hall–Kier alpha value is -0.340. The van der Waals surface area contributed by atoms with Gasteiger partial charge in [0.1, 0.15) is 0 Å². The van der Waals surface area contributed by atoms with Crippen LogP contribution in [0, 0.1) is 11.3 Å². The molecule has 0 aromatic carbocycles. The molecular formula is C10H18N2. The first-order chi connectivity index (χ1) is 5.76. The molecule has 0 radical (unpaired) electrons. The summed E-state index contributed by atoms with van der Waals surface area (Å²) >= 11 is 0. The quantitative estimate of drug-likeness (QED) is 0.562. The first kappa shape index (κ1) is 8.27. The lowest BCUT2D eigenvalue weighted by Crippen LogP contribution is -2.43. The Bertz CT molecular complexity index is 200. The van der Waals surface area contributed by atoms with Crippen LogP contribution in [0.25, 0.3) is 0 Å². The van der Waals surface area contributed by atoms with Crippen molar-refractivity contribution in [2.75, 3.05) is 20.1 Å². The molecule has 2 rings (SSSR count). The summed E-state index contributed by atoms with van der Waals surface area (Å²) < 4.78 is 0. The number of likely N-dealkylation sites (N-methyl/N-ethyl adjacent to an activating group) is 1. The molecule has 2 heteroatoms. The second-order valence-corrected chi connectivity index (χ2v) is 4.34. The Morgan fingerprint density at radius 2 is 2.42 bits per heavy atom. The van der Waals surface area contributed by atoms with Crippen molar-refractivity contribution in [1.82, 2.24) is 10.6 Å². The van der Waals surface area contributed by atoms with E-state index < -0.39 is 0 Å². The van der Waals surface area contributed by atoms with Gasteiger partial charge in [-0.3, -0.25) is 0 Å². The zero-order valence-corrected chi connectivity index (χ0v) is 7.93. The molecule has 68 valence electrons. The molecule has 1 aliphatic heterocycles. The van der Waals surface area contributed by atoms with Crippen LogP contribution in [0.5, 0.6) is 0 Å². The normalized spacial score (nSPS) is 46.2. The molecule has 12 heavy (non-hydrogen) atoms. The van der Waals surface area contributed by atoms with Crippen molar-refractivity contribution < 1.29 is 0 Å². The highest BCUT2D eigenvalue weighted by molar-refractivity contribution is 5.12. The second-order valence-electron chi connectivity index (χ2n) is 4.34. The summed E-state index contributed by atoms with van der Waals surface area (Å²) in [6.07, 6.45) is 5.88. The number of fused-ring (bicyclic) bond motifs is 1. The van der Waals surface area contributed by atoms with E-state index in [0.717, 1.165) is 5.92 Å². The van der Waals surface area contributed by atoms with Gasteiger partial charge in [0.2, 0.25) is 0 Å². The van der Waals surface area contributed by atoms with Gasteiger partial charge in [-0.15, -0.1) is 0 Å². The molecule has 0 spiro atoms. The van der Waals surface area contributed by atoms with E-state index >= 15 is 0 Å². The van der Waals surface area contributed by atoms with Crippen molar-refractivity contribution in [2.45, 2.75) is 19.4 Å². The lowest BCUT2D eigenvalue weighted by Gasteiger charge is -2.37. The summed E-state index contributed by atoms with van der Waals surface area (Å²) in [7, 11) is 2.05. The zero-order valence-electron chi connectivity index (χ0n) is 7.93. The largest absolute Gasteiger partial charge is 0.316 e. The summed E-state index contributed by atoms with van der Waals surface area (Å²) in [5.74, 6) is 0.785. The fourth-order valence-corrected chi connectivity index (χ4v) is 2.59. The first-order valence-electron chi connectivity index (χ1n) is 4.81. The number of rotatable bonds is 1. The smallest absolute Gasteiger partial charge is 0.0293 e. The number of hydrogen-bond acceptors (Lipinski definition) is 2. The van der Waals surface area contributed by atoms with Gasteiger partial charge in [0.05, 0.1) is 0 Å². The van der Waals surface area contributed by atoms with Gasteiger partial charge in [-0.25, -0.2) is 0 Å². The Morgan fingerprint density at radius 1 is 1.58 bits per heavy atom. The Balaban J connectivity index is 2.21. The van der Waals surface area contributed by atoms with Gasteiger partial charge in [-0.05, 0) is 24.8 Å². The molecule has 2 nitrogen and oxygen atoms in total. The average molecular weight is 166 g/mol. The highest BCUT2D eigenvalue weighted by Crippen LogP contribution is 2.40. The maximum Gasteiger partial charge on any atom is 0.0293 e. The van der Waals surface area contributed by atoms with Gasteiger partial charge in [0, 0.05) is 19.1 Å². The molecule has 2 N–H and O–H groups in total. The van der Waals surface area contributed by atoms with Crippen molar-refractivity contribution in [3.63, 3.8) is 0 Å². The third-order valence-electron chi connectivity index (χ3n) is 3.48. The predicted octanol–water partition coefficient (Wildman–Crippen LogP) is 0.760. The summed E-state index contributed by atoms with van der Waals surface area (Å²) in [6, 6.07) is 0.582. The fourth-order valence-electron chi connectivity index (χ4n) is 2.59. The molecule has 0 saturated carbocycles. The van der Waals surface area contributed by atoms with E-state index in [2.05, 4.69) is 36.8 Å². The van der Waals surface area contributed by atoms with Gasteiger partial charge in [-0.2, -0.15) is 0 Å². The summed E-state index contributed by atoms with van der Waals surface area (Å²) in [4.78, 5) is 0. The van der Waals surface area contributed by atoms with E-state index in [-0.39, 0.29) is 0 Å². The van der Waals surface area contributed by atoms with Gasteiger partial charge >= 0.3 is 0 Å². The lowest BCUT2D eigenvalue weighted by atomic mass is 9.70. The number of nitrogens with one attached hydrogen (secondary N) is 2. The fraction of sp³-hybridized carbons (Fsp3) is 0.800. The van der Waals surface area contributed by atoms with Crippen molar-refractivity contribution in [2.24, 2.45) is 11.3 Å². The van der Waals surface area contributed by atoms with Crippen LogP contribution >= 0.6 is 0 Å². The summed E-state index contributed by atoms with van der Waals surface area (Å²) in [6.45, 7) is 4.75. The minimum absolute atomic E-state index is 0.502. The van der Waals surface area contributed by atoms with Gasteiger partial charge in [0.25, 0.3) is 0 Å². The Kier molecular flexibility index (Phi) is 1.97. The molecule has 2 aliphatic rings. The zero-order chi connectivity index (χ0) is 8.60. The highest BCUT2D eigenvalue weighted by Gasteiger charge is 2.42. The monoisotopic (exact) mass is 166 g/mol. The SMILES string of the molecule is CNC1C=CCC2(C)CNCC12. The van der Waals surface area contributed by atoms with Crippen molar-refractivity contribution in [3.8, 4) is 0 Å². The lowest BCUT2D eigenvalue weighted by molar-refractivity contribution is 0.214. The predicted molar refractivity (Wildman–Crippen MR) is 51.1 cm³/mol. The molecule has 0 aromatic rings. The maximum absolute atomic E-state index is 3.49. The summed E-state index contributed by atoms with van der Waals surface area (Å²) in [5.41, 5.74) is 0.502. The minimum atomic E-state index is 0.502. The topological polar surface area (TPSA) is 24.1 Å². The van der Waals surface area contributed by atoms with Crippen LogP contribution in [-0.2, 0) is 0 Å². The van der Waals surface area contributed by atoms with Gasteiger partial charge in [-0.1, -0.05) is 19.1 Å². The number of hydrogen-bond donors (Lipinski definition) is 2. The van der Waals surface area contributed by atoms with Crippen LogP contribution in [0.3, 0.4) is 0 Å². The minimum Gasteiger partial charge on any atom is -0.316 e. The molecule has 1 saturated heterocycles. The summed E-state index contributed by atoms with van der Waals surface area (Å²) in [5, 5.41) is 6.86. The second kappa shape index (κ2) is 2.86. The van der Waals surface area contributed by atoms with E-state index in [1.807, 2.05) is 0 Å². The Morgan fingerprint density at radius 3 is 3.17 bits per heavy atom. The third-order valence-corrected chi connectivity index (χ3v) is 3.48. The average Bonchev–Trinajstić information content (AvgIpc) is 2.45. The van der Waals surface area contributed by atoms with Gasteiger partial charge in [0.15, 0.2) is 0 Å². The van der Waals surface area contributed by atoms with Crippen LogP contribution in [0.4, 0.5) is 0 Å². The maximum atomic E-state index is 3.49. The van der Waals surface area contributed by atoms with Crippen LogP contribution < -0.4 is 10.6 Å². The molecule has 0 amide bonds. The molecule has 0 aromatic heterocycles. The van der Waals surface area contributed by atoms with Crippen molar-refractivity contribution >= 4 is 0 Å². The molecule has 3 unspecified atom stereocenters. The van der Waals surface area contributed by atoms with E-state index in [1.165, 1.54) is 19.5 Å². The van der Waals surface area contributed by atoms with Gasteiger partial charge < -0.3 is 10.6 Å². The van der Waals surface area contributed by atoms with E-state index in [1.54, 1.807) is 0 Å². The van der Waals surface area contributed by atoms with Crippen molar-refractivity contribution in [3.05, 3.63) is 12.2 Å². The van der Waals surface area contributed by atoms with E-state index in [0.29, 0.717) is 11.5 Å². The van der Waals surface area contributed by atoms with E-state index in [9.17, 15) is 0 Å². The van der Waals surface area contributed by atoms with Crippen LogP contribution in [0.15, 0.2) is 12.2 Å². The molecular weight excluding hydrogens is 148 g/mol. The number of allylic oxidation sites excluding steroid dienone is 1. The molecule has 1 aliphatic carbocycles. The molecule has 0 bridgehead atoms.